The lowest BCUT2D eigenvalue weighted by Crippen LogP contribution is -2.20. The molecule has 0 saturated carbocycles. The number of furan rings is 1. The van der Waals surface area contributed by atoms with E-state index in [1.54, 1.807) is 12.2 Å². The molecule has 74 valence electrons. The van der Waals surface area contributed by atoms with E-state index in [-0.39, 0.29) is 5.91 Å². The molecule has 0 bridgehead atoms. The Morgan fingerprint density at radius 3 is 3.00 bits per heavy atom. The first kappa shape index (κ1) is 10.3. The Kier molecular flexibility index (Phi) is 3.73. The largest absolute Gasteiger partial charge is 0.462 e. The van der Waals surface area contributed by atoms with E-state index in [1.165, 1.54) is 6.08 Å². The fourth-order valence-electron chi connectivity index (χ4n) is 0.933. The van der Waals surface area contributed by atoms with E-state index in [0.717, 1.165) is 5.76 Å². The summed E-state index contributed by atoms with van der Waals surface area (Å²) in [7, 11) is 0. The standard InChI is InChI=1S/C11H13NO2/c1-3-8-12-11(13)7-6-10-5-4-9(2)14-10/h3-7H,1,8H2,2H3,(H,12,13)/b7-6+. The van der Waals surface area contributed by atoms with E-state index < -0.39 is 0 Å². The number of carbonyl (C=O) groups excluding carboxylic acids is 1. The highest BCUT2D eigenvalue weighted by Crippen LogP contribution is 2.07. The number of carbonyl (C=O) groups is 1. The van der Waals surface area contributed by atoms with Gasteiger partial charge in [0.2, 0.25) is 5.91 Å². The van der Waals surface area contributed by atoms with Gasteiger partial charge in [-0.2, -0.15) is 0 Å². The summed E-state index contributed by atoms with van der Waals surface area (Å²) in [6.45, 7) is 5.83. The summed E-state index contributed by atoms with van der Waals surface area (Å²) in [5.41, 5.74) is 0. The predicted molar refractivity (Wildman–Crippen MR) is 55.7 cm³/mol. The SMILES string of the molecule is C=CCNC(=O)/C=C/c1ccc(C)o1. The van der Waals surface area contributed by atoms with Crippen LogP contribution in [0.4, 0.5) is 0 Å². The molecule has 0 radical (unpaired) electrons. The molecule has 1 heterocycles. The quantitative estimate of drug-likeness (QED) is 0.583. The van der Waals surface area contributed by atoms with Crippen LogP contribution in [0.5, 0.6) is 0 Å². The molecular weight excluding hydrogens is 178 g/mol. The van der Waals surface area contributed by atoms with Crippen LogP contribution in [0.2, 0.25) is 0 Å². The Bertz CT molecular complexity index is 350. The molecule has 0 saturated heterocycles. The van der Waals surface area contributed by atoms with Gasteiger partial charge in [0.1, 0.15) is 11.5 Å². The molecule has 0 spiro atoms. The highest BCUT2D eigenvalue weighted by atomic mass is 16.3. The number of rotatable bonds is 4. The summed E-state index contributed by atoms with van der Waals surface area (Å²) in [6, 6.07) is 3.66. The van der Waals surface area contributed by atoms with Crippen molar-refractivity contribution in [3.05, 3.63) is 42.4 Å². The van der Waals surface area contributed by atoms with Crippen molar-refractivity contribution in [2.75, 3.05) is 6.54 Å². The van der Waals surface area contributed by atoms with Crippen molar-refractivity contribution in [3.8, 4) is 0 Å². The highest BCUT2D eigenvalue weighted by molar-refractivity contribution is 5.91. The van der Waals surface area contributed by atoms with Crippen LogP contribution >= 0.6 is 0 Å². The van der Waals surface area contributed by atoms with Gasteiger partial charge in [-0.3, -0.25) is 4.79 Å². The molecule has 1 aromatic rings. The molecule has 0 fully saturated rings. The smallest absolute Gasteiger partial charge is 0.244 e. The van der Waals surface area contributed by atoms with E-state index in [1.807, 2.05) is 19.1 Å². The van der Waals surface area contributed by atoms with E-state index >= 15 is 0 Å². The fraction of sp³-hybridized carbons (Fsp3) is 0.182. The lowest BCUT2D eigenvalue weighted by Gasteiger charge is -1.94. The maximum atomic E-state index is 11.1. The van der Waals surface area contributed by atoms with Crippen LogP contribution in [-0.4, -0.2) is 12.5 Å². The summed E-state index contributed by atoms with van der Waals surface area (Å²) in [5, 5.41) is 2.62. The lowest BCUT2D eigenvalue weighted by molar-refractivity contribution is -0.116. The molecule has 1 rings (SSSR count). The Balaban J connectivity index is 2.47. The minimum Gasteiger partial charge on any atom is -0.462 e. The number of hydrogen-bond donors (Lipinski definition) is 1. The third-order valence-electron chi connectivity index (χ3n) is 1.58. The van der Waals surface area contributed by atoms with E-state index in [9.17, 15) is 4.79 Å². The fourth-order valence-corrected chi connectivity index (χ4v) is 0.933. The molecule has 0 aliphatic heterocycles. The topological polar surface area (TPSA) is 42.2 Å². The Hall–Kier alpha value is -1.77. The van der Waals surface area contributed by atoms with Gasteiger partial charge >= 0.3 is 0 Å². The van der Waals surface area contributed by atoms with Crippen LogP contribution in [0.15, 0.2) is 35.3 Å². The van der Waals surface area contributed by atoms with E-state index in [0.29, 0.717) is 12.3 Å². The maximum Gasteiger partial charge on any atom is 0.244 e. The van der Waals surface area contributed by atoms with Crippen LogP contribution in [0.1, 0.15) is 11.5 Å². The summed E-state index contributed by atoms with van der Waals surface area (Å²) in [5.74, 6) is 1.35. The second kappa shape index (κ2) is 5.07. The Morgan fingerprint density at radius 1 is 1.64 bits per heavy atom. The van der Waals surface area contributed by atoms with Crippen molar-refractivity contribution in [3.63, 3.8) is 0 Å². The van der Waals surface area contributed by atoms with Crippen LogP contribution in [0.3, 0.4) is 0 Å². The van der Waals surface area contributed by atoms with Crippen molar-refractivity contribution in [1.29, 1.82) is 0 Å². The zero-order valence-electron chi connectivity index (χ0n) is 8.12. The summed E-state index contributed by atoms with van der Waals surface area (Å²) in [4.78, 5) is 11.1. The van der Waals surface area contributed by atoms with Gasteiger partial charge in [0, 0.05) is 12.6 Å². The summed E-state index contributed by atoms with van der Waals surface area (Å²) in [6.07, 6.45) is 4.69. The van der Waals surface area contributed by atoms with Gasteiger partial charge in [-0.15, -0.1) is 6.58 Å². The van der Waals surface area contributed by atoms with Crippen LogP contribution in [0, 0.1) is 6.92 Å². The third kappa shape index (κ3) is 3.31. The van der Waals surface area contributed by atoms with Gasteiger partial charge in [-0.1, -0.05) is 6.08 Å². The molecular formula is C11H13NO2. The monoisotopic (exact) mass is 191 g/mol. The Morgan fingerprint density at radius 2 is 2.43 bits per heavy atom. The molecule has 0 unspecified atom stereocenters. The van der Waals surface area contributed by atoms with Crippen LogP contribution < -0.4 is 5.32 Å². The molecule has 0 aromatic carbocycles. The first-order valence-corrected chi connectivity index (χ1v) is 4.35. The minimum absolute atomic E-state index is 0.154. The predicted octanol–water partition coefficient (Wildman–Crippen LogP) is 1.90. The number of nitrogens with one attached hydrogen (secondary N) is 1. The number of aryl methyl sites for hydroxylation is 1. The molecule has 1 aromatic heterocycles. The summed E-state index contributed by atoms with van der Waals surface area (Å²) < 4.78 is 5.25. The van der Waals surface area contributed by atoms with Gasteiger partial charge in [0.05, 0.1) is 0 Å². The van der Waals surface area contributed by atoms with Crippen molar-refractivity contribution in [2.24, 2.45) is 0 Å². The van der Waals surface area contributed by atoms with Gasteiger partial charge < -0.3 is 9.73 Å². The van der Waals surface area contributed by atoms with Crippen LogP contribution in [0.25, 0.3) is 6.08 Å². The van der Waals surface area contributed by atoms with Gasteiger partial charge in [-0.25, -0.2) is 0 Å². The first-order chi connectivity index (χ1) is 6.72. The van der Waals surface area contributed by atoms with E-state index in [2.05, 4.69) is 11.9 Å². The average molecular weight is 191 g/mol. The second-order valence-corrected chi connectivity index (χ2v) is 2.82. The zero-order chi connectivity index (χ0) is 10.4. The highest BCUT2D eigenvalue weighted by Gasteiger charge is 1.95. The van der Waals surface area contributed by atoms with Crippen LogP contribution in [-0.2, 0) is 4.79 Å². The van der Waals surface area contributed by atoms with Gasteiger partial charge in [0.25, 0.3) is 0 Å². The summed E-state index contributed by atoms with van der Waals surface area (Å²) >= 11 is 0. The van der Waals surface area contributed by atoms with Crippen molar-refractivity contribution < 1.29 is 9.21 Å². The molecule has 1 N–H and O–H groups in total. The van der Waals surface area contributed by atoms with Gasteiger partial charge in [-0.05, 0) is 25.1 Å². The Labute approximate surface area is 83.1 Å². The van der Waals surface area contributed by atoms with Crippen molar-refractivity contribution in [1.82, 2.24) is 5.32 Å². The zero-order valence-corrected chi connectivity index (χ0v) is 8.12. The third-order valence-corrected chi connectivity index (χ3v) is 1.58. The molecule has 3 nitrogen and oxygen atoms in total. The number of hydrogen-bond acceptors (Lipinski definition) is 2. The van der Waals surface area contributed by atoms with Crippen molar-refractivity contribution >= 4 is 12.0 Å². The maximum absolute atomic E-state index is 11.1. The molecule has 1 amide bonds. The first-order valence-electron chi connectivity index (χ1n) is 4.35. The molecule has 3 heteroatoms. The van der Waals surface area contributed by atoms with Crippen molar-refractivity contribution in [2.45, 2.75) is 6.92 Å². The van der Waals surface area contributed by atoms with E-state index in [4.69, 9.17) is 4.42 Å². The second-order valence-electron chi connectivity index (χ2n) is 2.82. The average Bonchev–Trinajstić information content (AvgIpc) is 2.58. The lowest BCUT2D eigenvalue weighted by atomic mass is 10.4. The molecule has 0 aliphatic rings. The number of amides is 1. The molecule has 0 atom stereocenters. The minimum atomic E-state index is -0.154. The normalized spacial score (nSPS) is 10.4. The molecule has 0 aliphatic carbocycles. The van der Waals surface area contributed by atoms with Gasteiger partial charge in [0.15, 0.2) is 0 Å². The molecule has 14 heavy (non-hydrogen) atoms.